The first-order chi connectivity index (χ1) is 14.9. The summed E-state index contributed by atoms with van der Waals surface area (Å²) in [6, 6.07) is 14.6. The lowest BCUT2D eigenvalue weighted by atomic mass is 9.89. The molecule has 5 nitrogen and oxygen atoms in total. The second-order valence-corrected chi connectivity index (χ2v) is 8.96. The summed E-state index contributed by atoms with van der Waals surface area (Å²) in [4.78, 5) is 18.1. The first-order valence-electron chi connectivity index (χ1n) is 11.2. The Morgan fingerprint density at radius 2 is 1.97 bits per heavy atom. The Morgan fingerprint density at radius 1 is 1.19 bits per heavy atom. The second-order valence-electron chi connectivity index (χ2n) is 8.96. The molecule has 1 aliphatic rings. The van der Waals surface area contributed by atoms with Crippen LogP contribution >= 0.6 is 0 Å². The van der Waals surface area contributed by atoms with Crippen molar-refractivity contribution in [2.24, 2.45) is 5.92 Å². The zero-order valence-electron chi connectivity index (χ0n) is 19.0. The Bertz CT molecular complexity index is 1060. The van der Waals surface area contributed by atoms with Crippen LogP contribution in [0.25, 0.3) is 10.9 Å². The van der Waals surface area contributed by atoms with E-state index >= 15 is 0 Å². The molecule has 2 aromatic carbocycles. The summed E-state index contributed by atoms with van der Waals surface area (Å²) in [5.41, 5.74) is 6.00. The van der Waals surface area contributed by atoms with Gasteiger partial charge in [-0.15, -0.1) is 0 Å². The molecule has 1 aliphatic heterocycles. The Hall–Kier alpha value is -2.79. The van der Waals surface area contributed by atoms with Crippen molar-refractivity contribution in [2.45, 2.75) is 46.1 Å². The monoisotopic (exact) mass is 419 g/mol. The third-order valence-electron chi connectivity index (χ3n) is 6.45. The molecule has 5 heteroatoms. The molecule has 1 fully saturated rings. The number of nitrogens with zero attached hydrogens (tertiary/aromatic N) is 1. The molecule has 0 spiro atoms. The van der Waals surface area contributed by atoms with E-state index in [4.69, 9.17) is 4.74 Å². The minimum Gasteiger partial charge on any atom is -0.497 e. The number of rotatable bonds is 6. The Kier molecular flexibility index (Phi) is 6.33. The first-order valence-corrected chi connectivity index (χ1v) is 11.2. The molecule has 4 rings (SSSR count). The van der Waals surface area contributed by atoms with Crippen LogP contribution in [0.1, 0.15) is 49.4 Å². The summed E-state index contributed by atoms with van der Waals surface area (Å²) in [6.45, 7) is 9.09. The number of aryl methyl sites for hydroxylation is 1. The highest BCUT2D eigenvalue weighted by Crippen LogP contribution is 2.32. The van der Waals surface area contributed by atoms with Gasteiger partial charge in [-0.1, -0.05) is 26.0 Å². The number of ether oxygens (including phenoxy) is 1. The number of likely N-dealkylation sites (tertiary alicyclic amines) is 1. The minimum absolute atomic E-state index is 0.0140. The molecule has 2 N–H and O–H groups in total. The fourth-order valence-electron chi connectivity index (χ4n) is 4.50. The number of hydrogen-bond acceptors (Lipinski definition) is 3. The molecule has 31 heavy (non-hydrogen) atoms. The third-order valence-corrected chi connectivity index (χ3v) is 6.45. The summed E-state index contributed by atoms with van der Waals surface area (Å²) in [7, 11) is 1.72. The molecule has 0 bridgehead atoms. The number of aromatic amines is 1. The van der Waals surface area contributed by atoms with E-state index in [1.165, 1.54) is 27.7 Å². The van der Waals surface area contributed by atoms with Crippen LogP contribution in [0.2, 0.25) is 0 Å². The fourth-order valence-corrected chi connectivity index (χ4v) is 4.50. The van der Waals surface area contributed by atoms with Gasteiger partial charge in [-0.3, -0.25) is 9.69 Å². The molecule has 0 aliphatic carbocycles. The highest BCUT2D eigenvalue weighted by atomic mass is 16.5. The van der Waals surface area contributed by atoms with Crippen LogP contribution in [0.4, 0.5) is 5.69 Å². The Labute approximate surface area is 184 Å². The van der Waals surface area contributed by atoms with Gasteiger partial charge in [0.2, 0.25) is 5.91 Å². The van der Waals surface area contributed by atoms with E-state index in [0.717, 1.165) is 43.9 Å². The van der Waals surface area contributed by atoms with Crippen LogP contribution in [-0.2, 0) is 11.3 Å². The van der Waals surface area contributed by atoms with E-state index in [0.29, 0.717) is 5.92 Å². The highest BCUT2D eigenvalue weighted by molar-refractivity contribution is 5.92. The number of carbonyl (C=O) groups is 1. The number of benzene rings is 2. The van der Waals surface area contributed by atoms with Crippen molar-refractivity contribution >= 4 is 22.5 Å². The number of fused-ring (bicyclic) bond motifs is 1. The molecule has 1 saturated heterocycles. The minimum atomic E-state index is -0.0140. The first kappa shape index (κ1) is 21.4. The van der Waals surface area contributed by atoms with E-state index in [1.807, 2.05) is 26.0 Å². The number of H-pyrrole nitrogens is 1. The topological polar surface area (TPSA) is 57.4 Å². The number of piperidine rings is 1. The van der Waals surface area contributed by atoms with Crippen molar-refractivity contribution in [3.63, 3.8) is 0 Å². The molecule has 0 atom stereocenters. The maximum absolute atomic E-state index is 12.0. The van der Waals surface area contributed by atoms with Gasteiger partial charge < -0.3 is 15.0 Å². The predicted molar refractivity (Wildman–Crippen MR) is 127 cm³/mol. The maximum Gasteiger partial charge on any atom is 0.226 e. The van der Waals surface area contributed by atoms with Gasteiger partial charge in [0.1, 0.15) is 5.75 Å². The zero-order valence-corrected chi connectivity index (χ0v) is 19.0. The van der Waals surface area contributed by atoms with Crippen molar-refractivity contribution in [1.29, 1.82) is 0 Å². The van der Waals surface area contributed by atoms with Crippen LogP contribution in [0.5, 0.6) is 5.75 Å². The number of amides is 1. The van der Waals surface area contributed by atoms with Crippen molar-refractivity contribution in [1.82, 2.24) is 9.88 Å². The Balaban J connectivity index is 1.41. The van der Waals surface area contributed by atoms with Gasteiger partial charge in [0, 0.05) is 34.7 Å². The van der Waals surface area contributed by atoms with E-state index in [1.54, 1.807) is 7.11 Å². The van der Waals surface area contributed by atoms with Crippen LogP contribution in [0.15, 0.2) is 42.5 Å². The SMILES string of the molecule is COc1ccc2[nH]c(C)c(CN3CCC(c4cccc(NC(=O)C(C)C)c4)CC3)c2c1. The van der Waals surface area contributed by atoms with E-state index in [-0.39, 0.29) is 11.8 Å². The van der Waals surface area contributed by atoms with E-state index in [2.05, 4.69) is 52.5 Å². The zero-order chi connectivity index (χ0) is 22.0. The molecule has 0 saturated carbocycles. The van der Waals surface area contributed by atoms with E-state index < -0.39 is 0 Å². The van der Waals surface area contributed by atoms with Crippen LogP contribution in [0.3, 0.4) is 0 Å². The lowest BCUT2D eigenvalue weighted by Gasteiger charge is -2.32. The van der Waals surface area contributed by atoms with Crippen LogP contribution < -0.4 is 10.1 Å². The van der Waals surface area contributed by atoms with Gasteiger partial charge >= 0.3 is 0 Å². The predicted octanol–water partition coefficient (Wildman–Crippen LogP) is 5.46. The summed E-state index contributed by atoms with van der Waals surface area (Å²) in [6.07, 6.45) is 2.26. The van der Waals surface area contributed by atoms with Crippen molar-refractivity contribution in [3.8, 4) is 5.75 Å². The van der Waals surface area contributed by atoms with Gasteiger partial charge in [-0.2, -0.15) is 0 Å². The average Bonchev–Trinajstić information content (AvgIpc) is 3.08. The van der Waals surface area contributed by atoms with E-state index in [9.17, 15) is 4.79 Å². The van der Waals surface area contributed by atoms with Gasteiger partial charge in [-0.25, -0.2) is 0 Å². The van der Waals surface area contributed by atoms with Gasteiger partial charge in [0.05, 0.1) is 7.11 Å². The molecule has 1 aromatic heterocycles. The van der Waals surface area contributed by atoms with Crippen LogP contribution in [0, 0.1) is 12.8 Å². The second kappa shape index (κ2) is 9.15. The molecule has 0 unspecified atom stereocenters. The van der Waals surface area contributed by atoms with Crippen molar-refractivity contribution in [3.05, 3.63) is 59.3 Å². The number of carbonyl (C=O) groups excluding carboxylic acids is 1. The lowest BCUT2D eigenvalue weighted by molar-refractivity contribution is -0.118. The quantitative estimate of drug-likeness (QED) is 0.558. The molecular weight excluding hydrogens is 386 g/mol. The number of anilines is 1. The summed E-state index contributed by atoms with van der Waals surface area (Å²) < 4.78 is 5.43. The van der Waals surface area contributed by atoms with Crippen LogP contribution in [-0.4, -0.2) is 36.0 Å². The molecular formula is C26H33N3O2. The summed E-state index contributed by atoms with van der Waals surface area (Å²) in [5.74, 6) is 1.49. The molecule has 0 radical (unpaired) electrons. The third kappa shape index (κ3) is 4.77. The van der Waals surface area contributed by atoms with Gasteiger partial charge in [0.25, 0.3) is 0 Å². The number of aromatic nitrogens is 1. The molecule has 3 aromatic rings. The normalized spacial score (nSPS) is 15.5. The number of methoxy groups -OCH3 is 1. The Morgan fingerprint density at radius 3 is 2.68 bits per heavy atom. The summed E-state index contributed by atoms with van der Waals surface area (Å²) in [5, 5.41) is 4.29. The summed E-state index contributed by atoms with van der Waals surface area (Å²) >= 11 is 0. The molecule has 164 valence electrons. The highest BCUT2D eigenvalue weighted by Gasteiger charge is 2.22. The standard InChI is InChI=1S/C26H33N3O2/c1-17(2)26(30)28-21-7-5-6-20(14-21)19-10-12-29(13-11-19)16-24-18(3)27-25-9-8-22(31-4)15-23(24)25/h5-9,14-15,17,19,27H,10-13,16H2,1-4H3,(H,28,30). The average molecular weight is 420 g/mol. The number of hydrogen-bond donors (Lipinski definition) is 2. The molecule has 2 heterocycles. The molecule has 1 amide bonds. The van der Waals surface area contributed by atoms with Gasteiger partial charge in [-0.05, 0) is 80.2 Å². The van der Waals surface area contributed by atoms with Gasteiger partial charge in [0.15, 0.2) is 0 Å². The fraction of sp³-hybridized carbons (Fsp3) is 0.423. The maximum atomic E-state index is 12.0. The number of nitrogens with one attached hydrogen (secondary N) is 2. The van der Waals surface area contributed by atoms with Crippen molar-refractivity contribution < 1.29 is 9.53 Å². The smallest absolute Gasteiger partial charge is 0.226 e. The van der Waals surface area contributed by atoms with Crippen molar-refractivity contribution in [2.75, 3.05) is 25.5 Å². The lowest BCUT2D eigenvalue weighted by Crippen LogP contribution is -2.32. The largest absolute Gasteiger partial charge is 0.497 e.